The average Bonchev–Trinajstić information content (AvgIpc) is 3.37. The Bertz CT molecular complexity index is 1480. The van der Waals surface area contributed by atoms with Crippen molar-refractivity contribution in [3.05, 3.63) is 93.5 Å². The van der Waals surface area contributed by atoms with Crippen LogP contribution in [0.2, 0.25) is 0 Å². The van der Waals surface area contributed by atoms with Gasteiger partial charge in [-0.15, -0.1) is 0 Å². The quantitative estimate of drug-likeness (QED) is 0.197. The minimum atomic E-state index is -0.832. The highest BCUT2D eigenvalue weighted by atomic mass is 79.9. The summed E-state index contributed by atoms with van der Waals surface area (Å²) in [5, 5.41) is 11.7. The first-order valence-electron chi connectivity index (χ1n) is 10.5. The van der Waals surface area contributed by atoms with E-state index in [1.807, 2.05) is 49.4 Å². The fraction of sp³-hybridized carbons (Fsp3) is 0.115. The van der Waals surface area contributed by atoms with Gasteiger partial charge in [0, 0.05) is 10.0 Å². The lowest BCUT2D eigenvalue weighted by Crippen LogP contribution is -2.29. The van der Waals surface area contributed by atoms with Gasteiger partial charge in [-0.3, -0.25) is 14.5 Å². The molecule has 0 radical (unpaired) electrons. The highest BCUT2D eigenvalue weighted by Crippen LogP contribution is 2.44. The van der Waals surface area contributed by atoms with Crippen molar-refractivity contribution >= 4 is 60.1 Å². The molecule has 3 aromatic carbocycles. The summed E-state index contributed by atoms with van der Waals surface area (Å²) in [6.45, 7) is 1.99. The summed E-state index contributed by atoms with van der Waals surface area (Å²) in [5.41, 5.74) is 2.90. The lowest BCUT2D eigenvalue weighted by atomic mass is 9.95. The molecule has 0 bridgehead atoms. The van der Waals surface area contributed by atoms with E-state index in [-0.39, 0.29) is 11.3 Å². The number of thiazole rings is 1. The van der Waals surface area contributed by atoms with Crippen molar-refractivity contribution in [2.45, 2.75) is 13.0 Å². The molecule has 1 fully saturated rings. The second-order valence-corrected chi connectivity index (χ2v) is 9.84. The molecule has 4 aromatic rings. The SMILES string of the molecule is COc1cccc(C(O)=C2C(=O)C(=O)N(c3nc4ccc(C)cc4s3)[C@H]2c2ccc(Br)cc2)c1. The molecule has 0 spiro atoms. The molecule has 1 N–H and O–H groups in total. The molecule has 0 saturated carbocycles. The number of aliphatic hydroxyl groups is 1. The topological polar surface area (TPSA) is 79.7 Å². The number of rotatable bonds is 4. The van der Waals surface area contributed by atoms with E-state index in [1.54, 1.807) is 24.3 Å². The summed E-state index contributed by atoms with van der Waals surface area (Å²) < 4.78 is 7.04. The number of carbonyl (C=O) groups is 2. The van der Waals surface area contributed by atoms with Crippen LogP contribution in [0.3, 0.4) is 0 Å². The molecule has 8 heteroatoms. The van der Waals surface area contributed by atoms with Crippen LogP contribution in [0.25, 0.3) is 16.0 Å². The van der Waals surface area contributed by atoms with Crippen LogP contribution in [0.5, 0.6) is 5.75 Å². The molecule has 1 aliphatic rings. The maximum absolute atomic E-state index is 13.3. The number of ether oxygens (including phenoxy) is 1. The monoisotopic (exact) mass is 534 g/mol. The minimum Gasteiger partial charge on any atom is -0.507 e. The van der Waals surface area contributed by atoms with Gasteiger partial charge >= 0.3 is 5.91 Å². The van der Waals surface area contributed by atoms with E-state index in [1.165, 1.54) is 23.3 Å². The minimum absolute atomic E-state index is 0.0102. The van der Waals surface area contributed by atoms with Gasteiger partial charge in [-0.1, -0.05) is 57.6 Å². The molecule has 1 aromatic heterocycles. The Morgan fingerprint density at radius 1 is 1.09 bits per heavy atom. The number of Topliss-reactive ketones (excluding diaryl/α,β-unsaturated/α-hetero) is 1. The number of aryl methyl sites for hydroxylation is 1. The molecular formula is C26H19BrN2O4S. The van der Waals surface area contributed by atoms with Crippen LogP contribution in [0.15, 0.2) is 76.8 Å². The second kappa shape index (κ2) is 8.70. The molecule has 1 saturated heterocycles. The lowest BCUT2D eigenvalue weighted by Gasteiger charge is -2.23. The van der Waals surface area contributed by atoms with E-state index in [4.69, 9.17) is 4.74 Å². The van der Waals surface area contributed by atoms with Gasteiger partial charge in [0.25, 0.3) is 5.78 Å². The Morgan fingerprint density at radius 2 is 1.85 bits per heavy atom. The Kier molecular flexibility index (Phi) is 5.71. The van der Waals surface area contributed by atoms with Crippen LogP contribution in [0.1, 0.15) is 22.7 Å². The number of nitrogens with zero attached hydrogens (tertiary/aromatic N) is 2. The Morgan fingerprint density at radius 3 is 2.59 bits per heavy atom. The van der Waals surface area contributed by atoms with Gasteiger partial charge in [0.15, 0.2) is 5.13 Å². The molecule has 1 amide bonds. The number of ketones is 1. The first kappa shape index (κ1) is 22.3. The number of fused-ring (bicyclic) bond motifs is 1. The van der Waals surface area contributed by atoms with E-state index in [0.717, 1.165) is 20.3 Å². The third-order valence-corrected chi connectivity index (χ3v) is 7.26. The number of methoxy groups -OCH3 is 1. The molecule has 1 aliphatic heterocycles. The van der Waals surface area contributed by atoms with E-state index in [0.29, 0.717) is 22.0 Å². The summed E-state index contributed by atoms with van der Waals surface area (Å²) in [7, 11) is 1.52. The predicted octanol–water partition coefficient (Wildman–Crippen LogP) is 6.00. The average molecular weight is 535 g/mol. The summed E-state index contributed by atoms with van der Waals surface area (Å²) >= 11 is 4.77. The Labute approximate surface area is 208 Å². The lowest BCUT2D eigenvalue weighted by molar-refractivity contribution is -0.132. The third-order valence-electron chi connectivity index (χ3n) is 5.71. The number of benzene rings is 3. The summed E-state index contributed by atoms with van der Waals surface area (Å²) in [6, 6.07) is 19.1. The third kappa shape index (κ3) is 3.78. The molecule has 2 heterocycles. The van der Waals surface area contributed by atoms with Crippen LogP contribution in [0, 0.1) is 6.92 Å². The normalized spacial score (nSPS) is 17.5. The molecule has 6 nitrogen and oxygen atoms in total. The molecule has 5 rings (SSSR count). The smallest absolute Gasteiger partial charge is 0.301 e. The number of hydrogen-bond donors (Lipinski definition) is 1. The highest BCUT2D eigenvalue weighted by molar-refractivity contribution is 9.10. The van der Waals surface area contributed by atoms with Crippen LogP contribution in [-0.2, 0) is 9.59 Å². The number of aliphatic hydroxyl groups excluding tert-OH is 1. The first-order valence-corrected chi connectivity index (χ1v) is 12.1. The zero-order chi connectivity index (χ0) is 24.0. The molecule has 34 heavy (non-hydrogen) atoms. The van der Waals surface area contributed by atoms with Gasteiger partial charge in [0.2, 0.25) is 0 Å². The van der Waals surface area contributed by atoms with E-state index in [2.05, 4.69) is 20.9 Å². The fourth-order valence-corrected chi connectivity index (χ4v) is 5.39. The summed E-state index contributed by atoms with van der Waals surface area (Å²) in [6.07, 6.45) is 0. The van der Waals surface area contributed by atoms with Crippen LogP contribution < -0.4 is 9.64 Å². The van der Waals surface area contributed by atoms with E-state index < -0.39 is 17.7 Å². The van der Waals surface area contributed by atoms with Crippen LogP contribution in [0.4, 0.5) is 5.13 Å². The van der Waals surface area contributed by atoms with Crippen molar-refractivity contribution in [1.82, 2.24) is 4.98 Å². The van der Waals surface area contributed by atoms with Crippen molar-refractivity contribution in [3.63, 3.8) is 0 Å². The molecule has 0 aliphatic carbocycles. The number of carbonyl (C=O) groups excluding carboxylic acids is 2. The standard InChI is InChI=1S/C26H19BrN2O4S/c1-14-6-11-19-20(12-14)34-26(28-19)29-22(15-7-9-17(27)10-8-15)21(24(31)25(29)32)23(30)16-4-3-5-18(13-16)33-2/h3-13,22,30H,1-2H3/t22-/m0/s1. The Hall–Kier alpha value is -3.49. The van der Waals surface area contributed by atoms with Crippen LogP contribution in [-0.4, -0.2) is 28.9 Å². The first-order chi connectivity index (χ1) is 16.4. The molecular weight excluding hydrogens is 516 g/mol. The fourth-order valence-electron chi connectivity index (χ4n) is 4.04. The largest absolute Gasteiger partial charge is 0.507 e. The van der Waals surface area contributed by atoms with Crippen molar-refractivity contribution < 1.29 is 19.4 Å². The Balaban J connectivity index is 1.73. The predicted molar refractivity (Wildman–Crippen MR) is 136 cm³/mol. The van der Waals surface area contributed by atoms with Crippen molar-refractivity contribution in [1.29, 1.82) is 0 Å². The maximum atomic E-state index is 13.3. The molecule has 1 atom stereocenters. The highest BCUT2D eigenvalue weighted by Gasteiger charge is 2.48. The number of amides is 1. The summed E-state index contributed by atoms with van der Waals surface area (Å²) in [5.74, 6) is -1.22. The van der Waals surface area contributed by atoms with Gasteiger partial charge in [-0.2, -0.15) is 0 Å². The zero-order valence-corrected chi connectivity index (χ0v) is 20.7. The number of halogens is 1. The molecule has 170 valence electrons. The van der Waals surface area contributed by atoms with Crippen molar-refractivity contribution in [3.8, 4) is 5.75 Å². The van der Waals surface area contributed by atoms with Gasteiger partial charge in [-0.25, -0.2) is 4.98 Å². The zero-order valence-electron chi connectivity index (χ0n) is 18.3. The second-order valence-electron chi connectivity index (χ2n) is 7.92. The van der Waals surface area contributed by atoms with Crippen LogP contribution >= 0.6 is 27.3 Å². The van der Waals surface area contributed by atoms with E-state index in [9.17, 15) is 14.7 Å². The van der Waals surface area contributed by atoms with Gasteiger partial charge in [0.05, 0.1) is 28.9 Å². The maximum Gasteiger partial charge on any atom is 0.301 e. The summed E-state index contributed by atoms with van der Waals surface area (Å²) in [4.78, 5) is 32.7. The van der Waals surface area contributed by atoms with Crippen molar-refractivity contribution in [2.24, 2.45) is 0 Å². The number of anilines is 1. The van der Waals surface area contributed by atoms with Gasteiger partial charge < -0.3 is 9.84 Å². The van der Waals surface area contributed by atoms with E-state index >= 15 is 0 Å². The molecule has 0 unspecified atom stereocenters. The van der Waals surface area contributed by atoms with Gasteiger partial charge in [0.1, 0.15) is 11.5 Å². The van der Waals surface area contributed by atoms with Gasteiger partial charge in [-0.05, 0) is 54.4 Å². The van der Waals surface area contributed by atoms with Crippen molar-refractivity contribution in [2.75, 3.05) is 12.0 Å². The number of aromatic nitrogens is 1. The number of hydrogen-bond acceptors (Lipinski definition) is 6.